The Morgan fingerprint density at radius 3 is 2.03 bits per heavy atom. The van der Waals surface area contributed by atoms with Gasteiger partial charge in [0.1, 0.15) is 0 Å². The Kier molecular flexibility index (Phi) is 11.5. The molecule has 4 heteroatoms. The molecule has 1 aromatic rings. The van der Waals surface area contributed by atoms with Crippen LogP contribution in [0.2, 0.25) is 0 Å². The van der Waals surface area contributed by atoms with Crippen LogP contribution < -0.4 is 5.46 Å². The summed E-state index contributed by atoms with van der Waals surface area (Å²) in [5.41, 5.74) is 2.64. The molecule has 0 spiro atoms. The van der Waals surface area contributed by atoms with Gasteiger partial charge in [-0.2, -0.15) is 0 Å². The summed E-state index contributed by atoms with van der Waals surface area (Å²) in [6.45, 7) is 4.88. The van der Waals surface area contributed by atoms with Crippen LogP contribution >= 0.6 is 0 Å². The molecule has 0 bridgehead atoms. The summed E-state index contributed by atoms with van der Waals surface area (Å²) in [5.74, 6) is 2.02. The summed E-state index contributed by atoms with van der Waals surface area (Å²) in [4.78, 5) is 0. The summed E-state index contributed by atoms with van der Waals surface area (Å²) < 4.78 is 17.5. The molecule has 0 amide bonds. The van der Waals surface area contributed by atoms with Crippen molar-refractivity contribution < 1.29 is 14.0 Å². The number of rotatable bonds is 13. The zero-order chi connectivity index (χ0) is 21.7. The van der Waals surface area contributed by atoms with E-state index < -0.39 is 0 Å². The number of hydrogen-bond acceptors (Lipinski definition) is 3. The zero-order valence-corrected chi connectivity index (χ0v) is 20.2. The highest BCUT2D eigenvalue weighted by Gasteiger charge is 2.29. The molecule has 0 atom stereocenters. The predicted molar refractivity (Wildman–Crippen MR) is 131 cm³/mol. The van der Waals surface area contributed by atoms with Crippen molar-refractivity contribution >= 4 is 12.6 Å². The lowest BCUT2D eigenvalue weighted by Crippen LogP contribution is -2.44. The van der Waals surface area contributed by atoms with Gasteiger partial charge >= 0.3 is 7.12 Å². The van der Waals surface area contributed by atoms with E-state index in [2.05, 4.69) is 31.2 Å². The SMILES string of the molecule is CCCCCCCCCCC1COB(c2ccc(C3CCC(COC)CC3)cc2)OC1. The first-order chi connectivity index (χ1) is 15.3. The third kappa shape index (κ3) is 8.55. The smallest absolute Gasteiger partial charge is 0.407 e. The van der Waals surface area contributed by atoms with Crippen LogP contribution in [0.25, 0.3) is 0 Å². The Balaban J connectivity index is 1.30. The van der Waals surface area contributed by atoms with Crippen molar-refractivity contribution in [2.75, 3.05) is 26.9 Å². The molecule has 3 rings (SSSR count). The minimum absolute atomic E-state index is 0.179. The molecule has 0 aromatic heterocycles. The van der Waals surface area contributed by atoms with Crippen LogP contribution in [0.1, 0.15) is 102 Å². The van der Waals surface area contributed by atoms with E-state index in [0.29, 0.717) is 11.8 Å². The fraction of sp³-hybridized carbons (Fsp3) is 0.778. The molecule has 1 aromatic carbocycles. The van der Waals surface area contributed by atoms with Gasteiger partial charge in [0, 0.05) is 32.8 Å². The third-order valence-corrected chi connectivity index (χ3v) is 7.36. The van der Waals surface area contributed by atoms with Gasteiger partial charge in [-0.15, -0.1) is 0 Å². The van der Waals surface area contributed by atoms with E-state index in [1.807, 2.05) is 7.11 Å². The lowest BCUT2D eigenvalue weighted by atomic mass is 9.74. The molecule has 31 heavy (non-hydrogen) atoms. The van der Waals surface area contributed by atoms with Crippen molar-refractivity contribution in [1.29, 1.82) is 0 Å². The third-order valence-electron chi connectivity index (χ3n) is 7.36. The predicted octanol–water partition coefficient (Wildman–Crippen LogP) is 6.50. The van der Waals surface area contributed by atoms with E-state index in [-0.39, 0.29) is 7.12 Å². The van der Waals surface area contributed by atoms with Crippen molar-refractivity contribution in [3.8, 4) is 0 Å². The van der Waals surface area contributed by atoms with Crippen LogP contribution in [0.15, 0.2) is 24.3 Å². The van der Waals surface area contributed by atoms with Crippen molar-refractivity contribution in [3.63, 3.8) is 0 Å². The molecular formula is C27H45BO3. The maximum absolute atomic E-state index is 6.09. The van der Waals surface area contributed by atoms with E-state index in [1.165, 1.54) is 94.5 Å². The average Bonchev–Trinajstić information content (AvgIpc) is 2.82. The highest BCUT2D eigenvalue weighted by atomic mass is 16.6. The number of methoxy groups -OCH3 is 1. The van der Waals surface area contributed by atoms with Gasteiger partial charge in [0.05, 0.1) is 0 Å². The Morgan fingerprint density at radius 2 is 1.42 bits per heavy atom. The van der Waals surface area contributed by atoms with Gasteiger partial charge in [0.25, 0.3) is 0 Å². The first-order valence-corrected chi connectivity index (χ1v) is 13.1. The molecule has 2 fully saturated rings. The molecule has 1 saturated carbocycles. The minimum atomic E-state index is -0.179. The largest absolute Gasteiger partial charge is 0.493 e. The standard InChI is InChI=1S/C27H45BO3/c1-3-4-5-6-7-8-9-10-11-24-21-30-28(31-22-24)27-18-16-26(17-19-27)25-14-12-23(13-15-25)20-29-2/h16-19,23-25H,3-15,20-22H2,1-2H3. The summed E-state index contributed by atoms with van der Waals surface area (Å²) >= 11 is 0. The molecule has 174 valence electrons. The first kappa shape index (κ1) is 24.8. The number of unbranched alkanes of at least 4 members (excludes halogenated alkanes) is 7. The summed E-state index contributed by atoms with van der Waals surface area (Å²) in [5, 5.41) is 0. The van der Waals surface area contributed by atoms with Crippen LogP contribution in [0.5, 0.6) is 0 Å². The maximum Gasteiger partial charge on any atom is 0.493 e. The van der Waals surface area contributed by atoms with E-state index in [9.17, 15) is 0 Å². The lowest BCUT2D eigenvalue weighted by molar-refractivity contribution is 0.0810. The Hall–Kier alpha value is -0.835. The molecule has 3 nitrogen and oxygen atoms in total. The maximum atomic E-state index is 6.09. The van der Waals surface area contributed by atoms with Crippen LogP contribution in [0.3, 0.4) is 0 Å². The van der Waals surface area contributed by atoms with Gasteiger partial charge in [-0.3, -0.25) is 0 Å². The molecule has 2 aliphatic rings. The fourth-order valence-electron chi connectivity index (χ4n) is 5.29. The molecule has 0 unspecified atom stereocenters. The quantitative estimate of drug-likeness (QED) is 0.265. The normalized spacial score (nSPS) is 22.7. The van der Waals surface area contributed by atoms with Crippen molar-refractivity contribution in [3.05, 3.63) is 29.8 Å². The van der Waals surface area contributed by atoms with Gasteiger partial charge in [0.2, 0.25) is 0 Å². The first-order valence-electron chi connectivity index (χ1n) is 13.1. The topological polar surface area (TPSA) is 27.7 Å². The van der Waals surface area contributed by atoms with Gasteiger partial charge in [-0.05, 0) is 55.0 Å². The molecule has 1 heterocycles. The summed E-state index contributed by atoms with van der Waals surface area (Å²) in [7, 11) is 1.64. The van der Waals surface area contributed by atoms with Crippen LogP contribution in [-0.4, -0.2) is 34.0 Å². The van der Waals surface area contributed by atoms with Gasteiger partial charge < -0.3 is 14.0 Å². The summed E-state index contributed by atoms with van der Waals surface area (Å²) in [6.07, 6.45) is 17.4. The van der Waals surface area contributed by atoms with Crippen molar-refractivity contribution in [2.24, 2.45) is 11.8 Å². The van der Waals surface area contributed by atoms with E-state index >= 15 is 0 Å². The number of hydrogen-bond donors (Lipinski definition) is 0. The minimum Gasteiger partial charge on any atom is -0.407 e. The Labute approximate surface area is 191 Å². The average molecular weight is 428 g/mol. The van der Waals surface area contributed by atoms with Crippen LogP contribution in [-0.2, 0) is 14.0 Å². The van der Waals surface area contributed by atoms with E-state index in [1.54, 1.807) is 0 Å². The molecule has 1 aliphatic carbocycles. The van der Waals surface area contributed by atoms with Crippen LogP contribution in [0, 0.1) is 11.8 Å². The highest BCUT2D eigenvalue weighted by Crippen LogP contribution is 2.35. The number of ether oxygens (including phenoxy) is 1. The summed E-state index contributed by atoms with van der Waals surface area (Å²) in [6, 6.07) is 9.05. The second-order valence-electron chi connectivity index (χ2n) is 9.97. The van der Waals surface area contributed by atoms with Crippen molar-refractivity contribution in [2.45, 2.75) is 96.3 Å². The van der Waals surface area contributed by atoms with Crippen molar-refractivity contribution in [1.82, 2.24) is 0 Å². The molecular weight excluding hydrogens is 383 g/mol. The van der Waals surface area contributed by atoms with E-state index in [4.69, 9.17) is 14.0 Å². The van der Waals surface area contributed by atoms with Gasteiger partial charge in [0.15, 0.2) is 0 Å². The monoisotopic (exact) mass is 428 g/mol. The van der Waals surface area contributed by atoms with Gasteiger partial charge in [-0.1, -0.05) is 82.6 Å². The number of benzene rings is 1. The molecule has 1 saturated heterocycles. The second kappa shape index (κ2) is 14.3. The lowest BCUT2D eigenvalue weighted by Gasteiger charge is -2.29. The highest BCUT2D eigenvalue weighted by molar-refractivity contribution is 6.61. The molecule has 0 radical (unpaired) electrons. The van der Waals surface area contributed by atoms with Crippen LogP contribution in [0.4, 0.5) is 0 Å². The Bertz CT molecular complexity index is 575. The second-order valence-corrected chi connectivity index (χ2v) is 9.97. The van der Waals surface area contributed by atoms with Gasteiger partial charge in [-0.25, -0.2) is 0 Å². The Morgan fingerprint density at radius 1 is 0.806 bits per heavy atom. The zero-order valence-electron chi connectivity index (χ0n) is 20.2. The molecule has 0 N–H and O–H groups in total. The molecule has 1 aliphatic heterocycles. The fourth-order valence-corrected chi connectivity index (χ4v) is 5.29. The van der Waals surface area contributed by atoms with E-state index in [0.717, 1.165) is 25.7 Å².